The molecule has 0 bridgehead atoms. The van der Waals surface area contributed by atoms with Crippen molar-refractivity contribution in [2.45, 2.75) is 13.0 Å². The number of methoxy groups -OCH3 is 2. The van der Waals surface area contributed by atoms with Crippen molar-refractivity contribution in [2.24, 2.45) is 0 Å². The molecule has 8 nitrogen and oxygen atoms in total. The van der Waals surface area contributed by atoms with Crippen LogP contribution in [-0.4, -0.2) is 30.3 Å². The number of fused-ring (bicyclic) bond motifs is 2. The van der Waals surface area contributed by atoms with E-state index >= 15 is 0 Å². The number of rotatable bonds is 4. The van der Waals surface area contributed by atoms with Crippen LogP contribution in [0.4, 0.5) is 5.13 Å². The first-order valence-corrected chi connectivity index (χ1v) is 10.3. The van der Waals surface area contributed by atoms with Crippen LogP contribution in [-0.2, 0) is 0 Å². The first-order chi connectivity index (χ1) is 15.0. The number of aryl methyl sites for hydroxylation is 1. The predicted molar refractivity (Wildman–Crippen MR) is 115 cm³/mol. The van der Waals surface area contributed by atoms with E-state index < -0.39 is 11.9 Å². The zero-order valence-electron chi connectivity index (χ0n) is 16.9. The van der Waals surface area contributed by atoms with Gasteiger partial charge in [-0.25, -0.2) is 0 Å². The molecule has 0 N–H and O–H groups in total. The van der Waals surface area contributed by atoms with Crippen molar-refractivity contribution in [3.05, 3.63) is 74.6 Å². The van der Waals surface area contributed by atoms with Crippen LogP contribution >= 0.6 is 11.3 Å². The smallest absolute Gasteiger partial charge is 0.297 e. The fraction of sp³-hybridized carbons (Fsp3) is 0.182. The van der Waals surface area contributed by atoms with E-state index in [1.807, 2.05) is 12.1 Å². The van der Waals surface area contributed by atoms with Crippen molar-refractivity contribution in [2.75, 3.05) is 19.1 Å². The maximum atomic E-state index is 13.5. The molecule has 4 aromatic rings. The number of carbonyl (C=O) groups is 1. The lowest BCUT2D eigenvalue weighted by Crippen LogP contribution is -2.29. The van der Waals surface area contributed by atoms with Gasteiger partial charge in [0.2, 0.25) is 10.9 Å². The van der Waals surface area contributed by atoms with E-state index in [1.54, 1.807) is 44.4 Å². The highest BCUT2D eigenvalue weighted by Gasteiger charge is 2.45. The summed E-state index contributed by atoms with van der Waals surface area (Å²) in [4.78, 5) is 28.5. The molecule has 0 radical (unpaired) electrons. The van der Waals surface area contributed by atoms with E-state index in [4.69, 9.17) is 13.9 Å². The number of nitrogens with zero attached hydrogens (tertiary/aromatic N) is 3. The summed E-state index contributed by atoms with van der Waals surface area (Å²) in [5.74, 6) is 0.691. The van der Waals surface area contributed by atoms with Crippen LogP contribution in [0, 0.1) is 6.92 Å². The number of benzene rings is 2. The lowest BCUT2D eigenvalue weighted by molar-refractivity contribution is 0.0970. The van der Waals surface area contributed by atoms with Gasteiger partial charge < -0.3 is 13.9 Å². The lowest BCUT2D eigenvalue weighted by Gasteiger charge is -2.22. The monoisotopic (exact) mass is 435 g/mol. The number of hydrogen-bond acceptors (Lipinski definition) is 8. The third-order valence-electron chi connectivity index (χ3n) is 5.21. The normalized spacial score (nSPS) is 15.4. The van der Waals surface area contributed by atoms with Crippen LogP contribution in [0.2, 0.25) is 0 Å². The van der Waals surface area contributed by atoms with Crippen LogP contribution < -0.4 is 19.8 Å². The second kappa shape index (κ2) is 7.21. The van der Waals surface area contributed by atoms with Crippen LogP contribution in [0.5, 0.6) is 11.5 Å². The standard InChI is InChI=1S/C22H17N3O5S/c1-11-23-24-22(31-11)25-18(12-5-4-6-13(9-12)28-2)17-19(26)15-8-7-14(29-3)10-16(15)30-20(17)21(25)27/h4-10,18H,1-3H3/t18-/m1/s1. The summed E-state index contributed by atoms with van der Waals surface area (Å²) in [7, 11) is 3.09. The quantitative estimate of drug-likeness (QED) is 0.482. The predicted octanol–water partition coefficient (Wildman–Crippen LogP) is 3.72. The molecule has 31 heavy (non-hydrogen) atoms. The molecule has 1 aliphatic heterocycles. The molecule has 9 heteroatoms. The number of anilines is 1. The number of ether oxygens (including phenoxy) is 2. The van der Waals surface area contributed by atoms with Gasteiger partial charge in [-0.05, 0) is 36.8 Å². The fourth-order valence-electron chi connectivity index (χ4n) is 3.79. The van der Waals surface area contributed by atoms with Gasteiger partial charge in [0.15, 0.2) is 5.43 Å². The average Bonchev–Trinajstić information content (AvgIpc) is 3.34. The molecule has 3 heterocycles. The zero-order chi connectivity index (χ0) is 21.7. The van der Waals surface area contributed by atoms with E-state index in [0.717, 1.165) is 0 Å². The molecule has 0 saturated heterocycles. The van der Waals surface area contributed by atoms with Crippen LogP contribution in [0.1, 0.15) is 32.7 Å². The summed E-state index contributed by atoms with van der Waals surface area (Å²) in [6, 6.07) is 11.5. The molecule has 0 fully saturated rings. The molecule has 1 atom stereocenters. The molecule has 2 aromatic heterocycles. The first-order valence-electron chi connectivity index (χ1n) is 9.44. The highest BCUT2D eigenvalue weighted by atomic mass is 32.1. The molecule has 2 aromatic carbocycles. The molecule has 0 saturated carbocycles. The topological polar surface area (TPSA) is 94.8 Å². The summed E-state index contributed by atoms with van der Waals surface area (Å²) in [6.45, 7) is 1.80. The summed E-state index contributed by atoms with van der Waals surface area (Å²) >= 11 is 1.27. The van der Waals surface area contributed by atoms with Crippen molar-refractivity contribution >= 4 is 33.3 Å². The lowest BCUT2D eigenvalue weighted by atomic mass is 9.98. The largest absolute Gasteiger partial charge is 0.497 e. The Morgan fingerprint density at radius 3 is 2.52 bits per heavy atom. The molecule has 156 valence electrons. The van der Waals surface area contributed by atoms with Gasteiger partial charge >= 0.3 is 0 Å². The maximum Gasteiger partial charge on any atom is 0.297 e. The minimum atomic E-state index is -0.715. The third-order valence-corrected chi connectivity index (χ3v) is 6.05. The Bertz CT molecular complexity index is 1390. The SMILES string of the molecule is COc1cccc([C@@H]2c3c(oc4cc(OC)ccc4c3=O)C(=O)N2c2nnc(C)s2)c1. The van der Waals surface area contributed by atoms with E-state index in [-0.39, 0.29) is 22.3 Å². The Morgan fingerprint density at radius 2 is 1.81 bits per heavy atom. The van der Waals surface area contributed by atoms with Gasteiger partial charge in [0.25, 0.3) is 5.91 Å². The van der Waals surface area contributed by atoms with Gasteiger partial charge in [0.1, 0.15) is 22.1 Å². The second-order valence-electron chi connectivity index (χ2n) is 6.99. The minimum Gasteiger partial charge on any atom is -0.497 e. The van der Waals surface area contributed by atoms with E-state index in [9.17, 15) is 9.59 Å². The Hall–Kier alpha value is -3.72. The molecular formula is C22H17N3O5S. The number of carbonyl (C=O) groups excluding carboxylic acids is 1. The highest BCUT2D eigenvalue weighted by Crippen LogP contribution is 2.42. The van der Waals surface area contributed by atoms with Gasteiger partial charge in [0.05, 0.1) is 31.2 Å². The van der Waals surface area contributed by atoms with Crippen molar-refractivity contribution in [1.29, 1.82) is 0 Å². The van der Waals surface area contributed by atoms with Crippen molar-refractivity contribution in [3.63, 3.8) is 0 Å². The van der Waals surface area contributed by atoms with E-state index in [1.165, 1.54) is 23.3 Å². The number of hydrogen-bond donors (Lipinski definition) is 0. The summed E-state index contributed by atoms with van der Waals surface area (Å²) in [5, 5.41) is 9.67. The molecule has 1 aliphatic rings. The van der Waals surface area contributed by atoms with Crippen molar-refractivity contribution in [3.8, 4) is 11.5 Å². The van der Waals surface area contributed by atoms with Crippen LogP contribution in [0.15, 0.2) is 51.7 Å². The molecular weight excluding hydrogens is 418 g/mol. The van der Waals surface area contributed by atoms with E-state index in [0.29, 0.717) is 32.6 Å². The fourth-order valence-corrected chi connectivity index (χ4v) is 4.50. The Labute approximate surface area is 180 Å². The molecule has 5 rings (SSSR count). The molecule has 0 aliphatic carbocycles. The molecule has 1 amide bonds. The zero-order valence-corrected chi connectivity index (χ0v) is 17.7. The second-order valence-corrected chi connectivity index (χ2v) is 8.15. The molecule has 0 spiro atoms. The van der Waals surface area contributed by atoms with Crippen molar-refractivity contribution in [1.82, 2.24) is 10.2 Å². The van der Waals surface area contributed by atoms with Crippen LogP contribution in [0.3, 0.4) is 0 Å². The highest BCUT2D eigenvalue weighted by molar-refractivity contribution is 7.15. The Kier molecular flexibility index (Phi) is 4.48. The number of amides is 1. The van der Waals surface area contributed by atoms with Gasteiger partial charge in [-0.2, -0.15) is 0 Å². The molecule has 0 unspecified atom stereocenters. The maximum absolute atomic E-state index is 13.5. The van der Waals surface area contributed by atoms with Crippen LogP contribution in [0.25, 0.3) is 11.0 Å². The van der Waals surface area contributed by atoms with Gasteiger partial charge in [-0.15, -0.1) is 10.2 Å². The Balaban J connectivity index is 1.80. The summed E-state index contributed by atoms with van der Waals surface area (Å²) < 4.78 is 16.5. The number of aromatic nitrogens is 2. The van der Waals surface area contributed by atoms with Gasteiger partial charge in [-0.3, -0.25) is 14.5 Å². The Morgan fingerprint density at radius 1 is 1.03 bits per heavy atom. The average molecular weight is 435 g/mol. The first kappa shape index (κ1) is 19.3. The summed E-state index contributed by atoms with van der Waals surface area (Å²) in [5.41, 5.74) is 0.989. The van der Waals surface area contributed by atoms with Gasteiger partial charge in [0, 0.05) is 6.07 Å². The van der Waals surface area contributed by atoms with Gasteiger partial charge in [-0.1, -0.05) is 23.5 Å². The summed E-state index contributed by atoms with van der Waals surface area (Å²) in [6.07, 6.45) is 0. The minimum absolute atomic E-state index is 0.00794. The third kappa shape index (κ3) is 2.97. The van der Waals surface area contributed by atoms with E-state index in [2.05, 4.69) is 10.2 Å². The van der Waals surface area contributed by atoms with Crippen molar-refractivity contribution < 1.29 is 18.7 Å².